The number of carbonyl (C=O) groups excluding carboxylic acids is 2. The van der Waals surface area contributed by atoms with Gasteiger partial charge >= 0.3 is 5.97 Å². The number of rotatable bonds is 7. The van der Waals surface area contributed by atoms with Crippen molar-refractivity contribution in [3.8, 4) is 17.2 Å². The zero-order valence-electron chi connectivity index (χ0n) is 14.7. The van der Waals surface area contributed by atoms with E-state index in [1.165, 1.54) is 26.4 Å². The first-order valence-electron chi connectivity index (χ1n) is 7.80. The molecule has 0 atom stereocenters. The van der Waals surface area contributed by atoms with Crippen LogP contribution in [0.4, 0.5) is 0 Å². The molecular formula is C19H21NO5. The summed E-state index contributed by atoms with van der Waals surface area (Å²) in [6.07, 6.45) is 5.18. The quantitative estimate of drug-likeness (QED) is 0.334. The highest BCUT2D eigenvalue weighted by atomic mass is 16.5. The Morgan fingerprint density at radius 2 is 1.88 bits per heavy atom. The summed E-state index contributed by atoms with van der Waals surface area (Å²) < 4.78 is 17.7. The molecule has 0 saturated carbocycles. The minimum atomic E-state index is -0.448. The lowest BCUT2D eigenvalue weighted by molar-refractivity contribution is -0.134. The summed E-state index contributed by atoms with van der Waals surface area (Å²) in [5.74, 6) is 0.0402. The van der Waals surface area contributed by atoms with Crippen LogP contribution in [0.25, 0.3) is 6.08 Å². The van der Waals surface area contributed by atoms with Gasteiger partial charge in [0, 0.05) is 37.5 Å². The first-order chi connectivity index (χ1) is 12.0. The molecule has 0 bridgehead atoms. The van der Waals surface area contributed by atoms with E-state index in [0.717, 1.165) is 5.69 Å². The van der Waals surface area contributed by atoms with Gasteiger partial charge in [-0.3, -0.25) is 9.59 Å². The van der Waals surface area contributed by atoms with Crippen LogP contribution in [0.2, 0.25) is 0 Å². The number of benzene rings is 1. The number of carbonyl (C=O) groups is 2. The SMILES string of the molecule is CCC(=O)Oc1cc(OC)cc(OC)c1C(=O)/C=C/c1cccn1C. The Kier molecular flexibility index (Phi) is 6.00. The highest BCUT2D eigenvalue weighted by Crippen LogP contribution is 2.35. The lowest BCUT2D eigenvalue weighted by atomic mass is 10.1. The molecule has 0 aliphatic carbocycles. The molecule has 6 nitrogen and oxygen atoms in total. The number of hydrogen-bond acceptors (Lipinski definition) is 5. The van der Waals surface area contributed by atoms with Gasteiger partial charge in [0.1, 0.15) is 22.8 Å². The van der Waals surface area contributed by atoms with E-state index in [-0.39, 0.29) is 29.3 Å². The summed E-state index contributed by atoms with van der Waals surface area (Å²) in [5, 5.41) is 0. The third-order valence-corrected chi connectivity index (χ3v) is 3.64. The van der Waals surface area contributed by atoms with Crippen molar-refractivity contribution in [1.29, 1.82) is 0 Å². The van der Waals surface area contributed by atoms with Crippen LogP contribution in [-0.4, -0.2) is 30.5 Å². The van der Waals surface area contributed by atoms with E-state index in [2.05, 4.69) is 0 Å². The molecule has 1 aromatic heterocycles. The monoisotopic (exact) mass is 343 g/mol. The van der Waals surface area contributed by atoms with E-state index < -0.39 is 5.97 Å². The van der Waals surface area contributed by atoms with Crippen molar-refractivity contribution in [2.75, 3.05) is 14.2 Å². The summed E-state index contributed by atoms with van der Waals surface area (Å²) in [7, 11) is 4.81. The molecule has 0 fully saturated rings. The summed E-state index contributed by atoms with van der Waals surface area (Å²) >= 11 is 0. The van der Waals surface area contributed by atoms with Crippen molar-refractivity contribution in [2.45, 2.75) is 13.3 Å². The van der Waals surface area contributed by atoms with Crippen molar-refractivity contribution in [1.82, 2.24) is 4.57 Å². The number of allylic oxidation sites excluding steroid dienone is 1. The predicted octanol–water partition coefficient (Wildman–Crippen LogP) is 3.25. The summed E-state index contributed by atoms with van der Waals surface area (Å²) in [6.45, 7) is 1.68. The zero-order chi connectivity index (χ0) is 18.4. The van der Waals surface area contributed by atoms with E-state index in [9.17, 15) is 9.59 Å². The fourth-order valence-corrected chi connectivity index (χ4v) is 2.25. The number of ketones is 1. The van der Waals surface area contributed by atoms with E-state index in [1.54, 1.807) is 19.1 Å². The normalized spacial score (nSPS) is 10.7. The Balaban J connectivity index is 2.45. The lowest BCUT2D eigenvalue weighted by Gasteiger charge is -2.13. The number of nitrogens with zero attached hydrogens (tertiary/aromatic N) is 1. The van der Waals surface area contributed by atoms with Gasteiger partial charge in [-0.15, -0.1) is 0 Å². The van der Waals surface area contributed by atoms with Gasteiger partial charge < -0.3 is 18.8 Å². The molecule has 0 unspecified atom stereocenters. The zero-order valence-corrected chi connectivity index (χ0v) is 14.7. The number of methoxy groups -OCH3 is 2. The molecular weight excluding hydrogens is 322 g/mol. The van der Waals surface area contributed by atoms with Gasteiger partial charge in [-0.1, -0.05) is 6.92 Å². The van der Waals surface area contributed by atoms with Crippen LogP contribution in [-0.2, 0) is 11.8 Å². The van der Waals surface area contributed by atoms with Gasteiger partial charge in [0.15, 0.2) is 5.78 Å². The van der Waals surface area contributed by atoms with E-state index in [1.807, 2.05) is 29.9 Å². The largest absolute Gasteiger partial charge is 0.496 e. The van der Waals surface area contributed by atoms with Gasteiger partial charge in [0.2, 0.25) is 0 Å². The summed E-state index contributed by atoms with van der Waals surface area (Å²) in [5.41, 5.74) is 1.04. The standard InChI is InChI=1S/C19H21NO5/c1-5-18(22)25-17-12-14(23-3)11-16(24-4)19(17)15(21)9-8-13-7-6-10-20(13)2/h6-12H,5H2,1-4H3/b9-8+. The first-order valence-corrected chi connectivity index (χ1v) is 7.80. The van der Waals surface area contributed by atoms with Gasteiger partial charge in [-0.05, 0) is 24.3 Å². The Morgan fingerprint density at radius 1 is 1.16 bits per heavy atom. The van der Waals surface area contributed by atoms with Crippen LogP contribution in [0.3, 0.4) is 0 Å². The second kappa shape index (κ2) is 8.19. The first kappa shape index (κ1) is 18.3. The highest BCUT2D eigenvalue weighted by Gasteiger charge is 2.20. The maximum atomic E-state index is 12.7. The third kappa shape index (κ3) is 4.29. The maximum Gasteiger partial charge on any atom is 0.310 e. The van der Waals surface area contributed by atoms with Gasteiger partial charge in [0.05, 0.1) is 14.2 Å². The molecule has 6 heteroatoms. The fourth-order valence-electron chi connectivity index (χ4n) is 2.25. The molecule has 132 valence electrons. The molecule has 1 aromatic carbocycles. The molecule has 25 heavy (non-hydrogen) atoms. The van der Waals surface area contributed by atoms with E-state index in [4.69, 9.17) is 14.2 Å². The van der Waals surface area contributed by atoms with Gasteiger partial charge in [-0.25, -0.2) is 0 Å². The average Bonchev–Trinajstić information content (AvgIpc) is 3.03. The van der Waals surface area contributed by atoms with Gasteiger partial charge in [-0.2, -0.15) is 0 Å². The van der Waals surface area contributed by atoms with Crippen molar-refractivity contribution in [3.05, 3.63) is 47.8 Å². The van der Waals surface area contributed by atoms with Crippen LogP contribution < -0.4 is 14.2 Å². The molecule has 0 N–H and O–H groups in total. The predicted molar refractivity (Wildman–Crippen MR) is 94.2 cm³/mol. The Bertz CT molecular complexity index is 804. The number of aryl methyl sites for hydroxylation is 1. The van der Waals surface area contributed by atoms with Crippen molar-refractivity contribution in [3.63, 3.8) is 0 Å². The molecule has 0 aliphatic heterocycles. The highest BCUT2D eigenvalue weighted by molar-refractivity contribution is 6.11. The van der Waals surface area contributed by atoms with Crippen LogP contribution in [0.5, 0.6) is 17.2 Å². The summed E-state index contributed by atoms with van der Waals surface area (Å²) in [6, 6.07) is 6.84. The molecule has 0 aliphatic rings. The minimum Gasteiger partial charge on any atom is -0.496 e. The third-order valence-electron chi connectivity index (χ3n) is 3.64. The smallest absolute Gasteiger partial charge is 0.310 e. The van der Waals surface area contributed by atoms with Crippen LogP contribution in [0, 0.1) is 0 Å². The minimum absolute atomic E-state index is 0.115. The lowest BCUT2D eigenvalue weighted by Crippen LogP contribution is -2.11. The number of aromatic nitrogens is 1. The van der Waals surface area contributed by atoms with Crippen LogP contribution in [0.15, 0.2) is 36.5 Å². The average molecular weight is 343 g/mol. The van der Waals surface area contributed by atoms with Crippen LogP contribution >= 0.6 is 0 Å². The van der Waals surface area contributed by atoms with Crippen molar-refractivity contribution >= 4 is 17.8 Å². The van der Waals surface area contributed by atoms with Crippen molar-refractivity contribution < 1.29 is 23.8 Å². The fraction of sp³-hybridized carbons (Fsp3) is 0.263. The Morgan fingerprint density at radius 3 is 2.44 bits per heavy atom. The second-order valence-electron chi connectivity index (χ2n) is 5.27. The number of esters is 1. The maximum absolute atomic E-state index is 12.7. The van der Waals surface area contributed by atoms with Crippen LogP contribution in [0.1, 0.15) is 29.4 Å². The molecule has 0 radical (unpaired) electrons. The molecule has 2 rings (SSSR count). The second-order valence-corrected chi connectivity index (χ2v) is 5.27. The molecule has 1 heterocycles. The Hall–Kier alpha value is -3.02. The van der Waals surface area contributed by atoms with Crippen molar-refractivity contribution in [2.24, 2.45) is 7.05 Å². The van der Waals surface area contributed by atoms with E-state index >= 15 is 0 Å². The van der Waals surface area contributed by atoms with Gasteiger partial charge in [0.25, 0.3) is 0 Å². The summed E-state index contributed by atoms with van der Waals surface area (Å²) in [4.78, 5) is 24.4. The Labute approximate surface area is 146 Å². The number of ether oxygens (including phenoxy) is 3. The molecule has 0 saturated heterocycles. The topological polar surface area (TPSA) is 66.8 Å². The van der Waals surface area contributed by atoms with E-state index in [0.29, 0.717) is 5.75 Å². The molecule has 2 aromatic rings. The molecule has 0 amide bonds. The number of hydrogen-bond donors (Lipinski definition) is 0. The molecule has 0 spiro atoms.